The van der Waals surface area contributed by atoms with E-state index in [1.54, 1.807) is 24.3 Å². The Kier molecular flexibility index (Phi) is 7.33. The first-order valence-corrected chi connectivity index (χ1v) is 10.1. The normalized spacial score (nSPS) is 10.8. The van der Waals surface area contributed by atoms with Crippen LogP contribution in [0.15, 0.2) is 78.9 Å². The number of carbonyl (C=O) groups is 2. The van der Waals surface area contributed by atoms with Crippen molar-refractivity contribution in [1.29, 1.82) is 0 Å². The Labute approximate surface area is 186 Å². The van der Waals surface area contributed by atoms with Gasteiger partial charge >= 0.3 is 12.1 Å². The summed E-state index contributed by atoms with van der Waals surface area (Å²) in [5.41, 5.74) is 0.183. The summed E-state index contributed by atoms with van der Waals surface area (Å²) in [5.74, 6) is 0.711. The van der Waals surface area contributed by atoms with Crippen LogP contribution in [0.1, 0.15) is 25.0 Å². The number of rotatable bonds is 9. The van der Waals surface area contributed by atoms with E-state index in [9.17, 15) is 14.7 Å². The average Bonchev–Trinajstić information content (AvgIpc) is 2.77. The second-order valence-electron chi connectivity index (χ2n) is 7.56. The lowest BCUT2D eigenvalue weighted by molar-refractivity contribution is -0.152. The molecule has 0 aliphatic heterocycles. The monoisotopic (exact) mass is 435 g/mol. The molecule has 1 amide bonds. The zero-order valence-corrected chi connectivity index (χ0v) is 17.9. The second kappa shape index (κ2) is 10.3. The molecule has 0 atom stereocenters. The molecule has 0 spiro atoms. The molecule has 3 aromatic carbocycles. The fourth-order valence-corrected chi connectivity index (χ4v) is 2.75. The number of carbonyl (C=O) groups excluding carboxylic acids is 1. The van der Waals surface area contributed by atoms with Crippen LogP contribution in [-0.2, 0) is 22.7 Å². The number of amides is 1. The van der Waals surface area contributed by atoms with Gasteiger partial charge in [0.25, 0.3) is 0 Å². The molecule has 0 heterocycles. The first-order valence-electron chi connectivity index (χ1n) is 10.1. The summed E-state index contributed by atoms with van der Waals surface area (Å²) in [7, 11) is 0. The van der Waals surface area contributed by atoms with Crippen molar-refractivity contribution in [3.8, 4) is 17.2 Å². The van der Waals surface area contributed by atoms with Crippen molar-refractivity contribution in [2.24, 2.45) is 0 Å². The topological polar surface area (TPSA) is 94.1 Å². The lowest BCUT2D eigenvalue weighted by atomic mass is 10.1. The summed E-state index contributed by atoms with van der Waals surface area (Å²) in [6.07, 6.45) is -0.573. The van der Waals surface area contributed by atoms with E-state index in [2.05, 4.69) is 5.32 Å². The highest BCUT2D eigenvalue weighted by Gasteiger charge is 2.29. The smallest absolute Gasteiger partial charge is 0.407 e. The van der Waals surface area contributed by atoms with Gasteiger partial charge in [0, 0.05) is 6.54 Å². The van der Waals surface area contributed by atoms with Gasteiger partial charge in [0.2, 0.25) is 0 Å². The fourth-order valence-electron chi connectivity index (χ4n) is 2.75. The van der Waals surface area contributed by atoms with Gasteiger partial charge < -0.3 is 24.6 Å². The van der Waals surface area contributed by atoms with Crippen LogP contribution in [0.25, 0.3) is 0 Å². The Morgan fingerprint density at radius 3 is 2.19 bits per heavy atom. The van der Waals surface area contributed by atoms with Gasteiger partial charge in [-0.2, -0.15) is 0 Å². The summed E-state index contributed by atoms with van der Waals surface area (Å²) >= 11 is 0. The Morgan fingerprint density at radius 1 is 0.844 bits per heavy atom. The number of para-hydroxylation sites is 1. The maximum atomic E-state index is 12.1. The van der Waals surface area contributed by atoms with Crippen LogP contribution >= 0.6 is 0 Å². The van der Waals surface area contributed by atoms with Gasteiger partial charge in [-0.05, 0) is 61.4 Å². The molecule has 0 unspecified atom stereocenters. The highest BCUT2D eigenvalue weighted by Crippen LogP contribution is 2.22. The van der Waals surface area contributed by atoms with E-state index in [-0.39, 0.29) is 13.2 Å². The molecule has 7 nitrogen and oxygen atoms in total. The van der Waals surface area contributed by atoms with Gasteiger partial charge in [0.1, 0.15) is 23.9 Å². The van der Waals surface area contributed by atoms with Crippen molar-refractivity contribution in [3.05, 3.63) is 90.0 Å². The SMILES string of the molecule is CC(C)(Oc1cccc(CNC(=O)OCc2cccc(Oc3ccccc3)c2)c1)C(=O)O. The minimum atomic E-state index is -1.36. The lowest BCUT2D eigenvalue weighted by Gasteiger charge is -2.21. The number of aliphatic carboxylic acids is 1. The number of benzene rings is 3. The van der Waals surface area contributed by atoms with Gasteiger partial charge in [-0.25, -0.2) is 9.59 Å². The van der Waals surface area contributed by atoms with E-state index in [1.165, 1.54) is 13.8 Å². The first kappa shape index (κ1) is 22.7. The van der Waals surface area contributed by atoms with Gasteiger partial charge in [-0.15, -0.1) is 0 Å². The molecule has 0 aromatic heterocycles. The predicted molar refractivity (Wildman–Crippen MR) is 119 cm³/mol. The largest absolute Gasteiger partial charge is 0.478 e. The van der Waals surface area contributed by atoms with Crippen molar-refractivity contribution in [2.45, 2.75) is 32.6 Å². The van der Waals surface area contributed by atoms with Crippen molar-refractivity contribution in [1.82, 2.24) is 5.32 Å². The van der Waals surface area contributed by atoms with Crippen LogP contribution < -0.4 is 14.8 Å². The van der Waals surface area contributed by atoms with Gasteiger partial charge in [0.05, 0.1) is 0 Å². The quantitative estimate of drug-likeness (QED) is 0.483. The van der Waals surface area contributed by atoms with E-state index in [0.29, 0.717) is 11.5 Å². The first-order chi connectivity index (χ1) is 15.3. The Balaban J connectivity index is 1.49. The summed E-state index contributed by atoms with van der Waals surface area (Å²) in [6.45, 7) is 3.24. The maximum absolute atomic E-state index is 12.1. The number of carboxylic acid groups (broad SMARTS) is 1. The zero-order valence-electron chi connectivity index (χ0n) is 17.9. The average molecular weight is 435 g/mol. The van der Waals surface area contributed by atoms with Gasteiger partial charge in [0.15, 0.2) is 5.60 Å². The third-order valence-electron chi connectivity index (χ3n) is 4.47. The number of ether oxygens (including phenoxy) is 3. The minimum Gasteiger partial charge on any atom is -0.478 e. The van der Waals surface area contributed by atoms with Crippen molar-refractivity contribution in [2.75, 3.05) is 0 Å². The highest BCUT2D eigenvalue weighted by molar-refractivity contribution is 5.76. The van der Waals surface area contributed by atoms with E-state index >= 15 is 0 Å². The maximum Gasteiger partial charge on any atom is 0.407 e. The molecule has 3 rings (SSSR count). The molecule has 0 aliphatic rings. The number of hydrogen-bond acceptors (Lipinski definition) is 5. The van der Waals surface area contributed by atoms with E-state index in [4.69, 9.17) is 14.2 Å². The molecule has 0 saturated carbocycles. The third-order valence-corrected chi connectivity index (χ3v) is 4.47. The Morgan fingerprint density at radius 2 is 1.47 bits per heavy atom. The molecule has 0 radical (unpaired) electrons. The third kappa shape index (κ3) is 6.77. The highest BCUT2D eigenvalue weighted by atomic mass is 16.5. The number of carboxylic acids is 1. The molecule has 0 bridgehead atoms. The van der Waals surface area contributed by atoms with Gasteiger partial charge in [-0.1, -0.05) is 42.5 Å². The number of nitrogens with one attached hydrogen (secondary N) is 1. The number of alkyl carbamates (subject to hydrolysis) is 1. The lowest BCUT2D eigenvalue weighted by Crippen LogP contribution is -2.37. The summed E-state index contributed by atoms with van der Waals surface area (Å²) < 4.78 is 16.6. The van der Waals surface area contributed by atoms with Crippen LogP contribution in [-0.4, -0.2) is 22.8 Å². The van der Waals surface area contributed by atoms with Crippen LogP contribution in [0.5, 0.6) is 17.2 Å². The molecule has 166 valence electrons. The molecule has 0 fully saturated rings. The Bertz CT molecular complexity index is 1060. The molecule has 0 saturated heterocycles. The minimum absolute atomic E-state index is 0.0910. The van der Waals surface area contributed by atoms with Crippen LogP contribution in [0.4, 0.5) is 4.79 Å². The second-order valence-corrected chi connectivity index (χ2v) is 7.56. The van der Waals surface area contributed by atoms with Crippen LogP contribution in [0.2, 0.25) is 0 Å². The van der Waals surface area contributed by atoms with E-state index in [1.807, 2.05) is 54.6 Å². The molecular weight excluding hydrogens is 410 g/mol. The van der Waals surface area contributed by atoms with Crippen LogP contribution in [0, 0.1) is 0 Å². The molecule has 2 N–H and O–H groups in total. The van der Waals surface area contributed by atoms with Crippen LogP contribution in [0.3, 0.4) is 0 Å². The summed E-state index contributed by atoms with van der Waals surface area (Å²) in [4.78, 5) is 23.3. The van der Waals surface area contributed by atoms with E-state index in [0.717, 1.165) is 16.9 Å². The molecular formula is C25H25NO6. The summed E-state index contributed by atoms with van der Waals surface area (Å²) in [5, 5.41) is 11.9. The van der Waals surface area contributed by atoms with Crippen molar-refractivity contribution >= 4 is 12.1 Å². The Hall–Kier alpha value is -4.00. The van der Waals surface area contributed by atoms with Crippen molar-refractivity contribution in [3.63, 3.8) is 0 Å². The molecule has 7 heteroatoms. The number of hydrogen-bond donors (Lipinski definition) is 2. The van der Waals surface area contributed by atoms with E-state index < -0.39 is 17.7 Å². The standard InChI is InChI=1S/C25H25NO6/c1-25(2,23(27)28)32-22-13-6-8-18(14-22)16-26-24(29)30-17-19-9-7-12-21(15-19)31-20-10-4-3-5-11-20/h3-15H,16-17H2,1-2H3,(H,26,29)(H,27,28). The molecule has 3 aromatic rings. The van der Waals surface area contributed by atoms with Crippen molar-refractivity contribution < 1.29 is 28.9 Å². The van der Waals surface area contributed by atoms with Gasteiger partial charge in [-0.3, -0.25) is 0 Å². The summed E-state index contributed by atoms with van der Waals surface area (Å²) in [6, 6.07) is 23.6. The fraction of sp³-hybridized carbons (Fsp3) is 0.200. The zero-order chi connectivity index (χ0) is 23.0. The predicted octanol–water partition coefficient (Wildman–Crippen LogP) is 5.15. The molecule has 0 aliphatic carbocycles. The molecule has 32 heavy (non-hydrogen) atoms.